The summed E-state index contributed by atoms with van der Waals surface area (Å²) in [4.78, 5) is 2.30. The summed E-state index contributed by atoms with van der Waals surface area (Å²) in [5.41, 5.74) is 13.3. The summed E-state index contributed by atoms with van der Waals surface area (Å²) in [5.74, 6) is 0. The number of benzene rings is 8. The van der Waals surface area contributed by atoms with E-state index in [2.05, 4.69) is 191 Å². The Hall–Kier alpha value is -6.84. The summed E-state index contributed by atoms with van der Waals surface area (Å²) in [5, 5.41) is 4.79. The maximum atomic E-state index is 6.32. The highest BCUT2D eigenvalue weighted by atomic mass is 16.3. The highest BCUT2D eigenvalue weighted by Crippen LogP contribution is 2.40. The van der Waals surface area contributed by atoms with Gasteiger partial charge in [0.2, 0.25) is 0 Å². The minimum atomic E-state index is 0.875. The average molecular weight is 653 g/mol. The van der Waals surface area contributed by atoms with Crippen LogP contribution in [0.5, 0.6) is 0 Å². The summed E-state index contributed by atoms with van der Waals surface area (Å²) in [7, 11) is 0. The fourth-order valence-electron chi connectivity index (χ4n) is 7.54. The first-order valence-corrected chi connectivity index (χ1v) is 17.3. The minimum absolute atomic E-state index is 0.875. The second-order valence-corrected chi connectivity index (χ2v) is 13.0. The molecule has 0 saturated carbocycles. The molecule has 0 atom stereocenters. The number of furan rings is 1. The van der Waals surface area contributed by atoms with E-state index in [0.717, 1.165) is 44.7 Å². The molecule has 2 heterocycles. The summed E-state index contributed by atoms with van der Waals surface area (Å²) in [6.07, 6.45) is 0. The molecule has 240 valence electrons. The molecule has 0 amide bonds. The van der Waals surface area contributed by atoms with Crippen LogP contribution in [0.15, 0.2) is 199 Å². The van der Waals surface area contributed by atoms with E-state index in [1.54, 1.807) is 0 Å². The fraction of sp³-hybridized carbons (Fsp3) is 0. The van der Waals surface area contributed by atoms with Gasteiger partial charge < -0.3 is 13.9 Å². The van der Waals surface area contributed by atoms with E-state index in [-0.39, 0.29) is 0 Å². The number of hydrogen-bond acceptors (Lipinski definition) is 2. The molecule has 3 heteroatoms. The van der Waals surface area contributed by atoms with Gasteiger partial charge in [-0.05, 0) is 89.0 Å². The molecular formula is C48H32N2O. The first-order chi connectivity index (χ1) is 25.3. The second-order valence-electron chi connectivity index (χ2n) is 13.0. The van der Waals surface area contributed by atoms with Crippen LogP contribution in [0.4, 0.5) is 17.1 Å². The summed E-state index contributed by atoms with van der Waals surface area (Å²) >= 11 is 0. The van der Waals surface area contributed by atoms with E-state index in [0.29, 0.717) is 0 Å². The van der Waals surface area contributed by atoms with Gasteiger partial charge in [-0.1, -0.05) is 121 Å². The van der Waals surface area contributed by atoms with Crippen molar-refractivity contribution in [2.45, 2.75) is 0 Å². The summed E-state index contributed by atoms with van der Waals surface area (Å²) < 4.78 is 8.68. The monoisotopic (exact) mass is 652 g/mol. The van der Waals surface area contributed by atoms with Gasteiger partial charge in [-0.15, -0.1) is 0 Å². The number of nitrogens with zero attached hydrogens (tertiary/aromatic N) is 2. The van der Waals surface area contributed by atoms with Crippen molar-refractivity contribution >= 4 is 60.8 Å². The molecule has 2 aromatic heterocycles. The van der Waals surface area contributed by atoms with E-state index in [9.17, 15) is 0 Å². The lowest BCUT2D eigenvalue weighted by molar-refractivity contribution is 0.669. The van der Waals surface area contributed by atoms with E-state index in [4.69, 9.17) is 4.42 Å². The van der Waals surface area contributed by atoms with Crippen LogP contribution >= 0.6 is 0 Å². The van der Waals surface area contributed by atoms with Gasteiger partial charge in [0, 0.05) is 50.4 Å². The lowest BCUT2D eigenvalue weighted by Crippen LogP contribution is -2.09. The Morgan fingerprint density at radius 1 is 0.333 bits per heavy atom. The smallest absolute Gasteiger partial charge is 0.137 e. The molecule has 0 spiro atoms. The first kappa shape index (κ1) is 29.1. The van der Waals surface area contributed by atoms with Crippen molar-refractivity contribution in [3.05, 3.63) is 194 Å². The third-order valence-electron chi connectivity index (χ3n) is 10.0. The predicted molar refractivity (Wildman–Crippen MR) is 214 cm³/mol. The molecule has 51 heavy (non-hydrogen) atoms. The maximum Gasteiger partial charge on any atom is 0.137 e. The van der Waals surface area contributed by atoms with Crippen LogP contribution in [0.3, 0.4) is 0 Å². The Bertz CT molecular complexity index is 2770. The van der Waals surface area contributed by atoms with Crippen LogP contribution < -0.4 is 4.90 Å². The van der Waals surface area contributed by atoms with Gasteiger partial charge in [0.05, 0.1) is 11.0 Å². The van der Waals surface area contributed by atoms with Crippen LogP contribution in [0.2, 0.25) is 0 Å². The van der Waals surface area contributed by atoms with Gasteiger partial charge in [-0.3, -0.25) is 0 Å². The van der Waals surface area contributed by atoms with Crippen molar-refractivity contribution in [2.24, 2.45) is 0 Å². The largest absolute Gasteiger partial charge is 0.456 e. The zero-order valence-corrected chi connectivity index (χ0v) is 27.8. The standard InChI is InChI=1S/C48H32N2O/c1-2-10-33(11-3-1)34-18-24-37(25-19-34)49(40-30-31-44-43-14-6-9-17-47(43)51-48(44)32-40)38-26-20-35(21-27-38)36-22-28-39(29-23-36)50-45-15-7-4-12-41(45)42-13-5-8-16-46(42)50/h1-32H. The van der Waals surface area contributed by atoms with E-state index >= 15 is 0 Å². The van der Waals surface area contributed by atoms with Crippen molar-refractivity contribution in [3.63, 3.8) is 0 Å². The van der Waals surface area contributed by atoms with Crippen LogP contribution in [0.25, 0.3) is 71.7 Å². The van der Waals surface area contributed by atoms with Gasteiger partial charge in [0.15, 0.2) is 0 Å². The lowest BCUT2D eigenvalue weighted by Gasteiger charge is -2.26. The van der Waals surface area contributed by atoms with Crippen LogP contribution in [-0.4, -0.2) is 4.57 Å². The third kappa shape index (κ3) is 4.98. The molecule has 0 radical (unpaired) electrons. The first-order valence-electron chi connectivity index (χ1n) is 17.3. The highest BCUT2D eigenvalue weighted by molar-refractivity contribution is 6.09. The molecule has 10 aromatic rings. The Morgan fingerprint density at radius 3 is 1.39 bits per heavy atom. The molecule has 0 bridgehead atoms. The van der Waals surface area contributed by atoms with Gasteiger partial charge in [0.25, 0.3) is 0 Å². The predicted octanol–water partition coefficient (Wildman–Crippen LogP) is 13.5. The van der Waals surface area contributed by atoms with E-state index in [1.165, 1.54) is 44.1 Å². The lowest BCUT2D eigenvalue weighted by atomic mass is 10.0. The van der Waals surface area contributed by atoms with E-state index < -0.39 is 0 Å². The van der Waals surface area contributed by atoms with Crippen molar-refractivity contribution in [1.82, 2.24) is 4.57 Å². The number of hydrogen-bond donors (Lipinski definition) is 0. The number of rotatable bonds is 6. The minimum Gasteiger partial charge on any atom is -0.456 e. The van der Waals surface area contributed by atoms with Gasteiger partial charge in [0.1, 0.15) is 11.2 Å². The maximum absolute atomic E-state index is 6.32. The summed E-state index contributed by atoms with van der Waals surface area (Å²) in [6, 6.07) is 69.1. The fourth-order valence-corrected chi connectivity index (χ4v) is 7.54. The van der Waals surface area contributed by atoms with E-state index in [1.807, 2.05) is 12.1 Å². The molecule has 0 N–H and O–H groups in total. The molecule has 0 aliphatic carbocycles. The zero-order valence-electron chi connectivity index (χ0n) is 27.8. The van der Waals surface area contributed by atoms with Crippen LogP contribution in [-0.2, 0) is 0 Å². The Labute approximate surface area is 295 Å². The van der Waals surface area contributed by atoms with Gasteiger partial charge in [-0.2, -0.15) is 0 Å². The highest BCUT2D eigenvalue weighted by Gasteiger charge is 2.17. The van der Waals surface area contributed by atoms with Crippen molar-refractivity contribution in [3.8, 4) is 27.9 Å². The molecule has 0 aliphatic rings. The molecule has 3 nitrogen and oxygen atoms in total. The summed E-state index contributed by atoms with van der Waals surface area (Å²) in [6.45, 7) is 0. The topological polar surface area (TPSA) is 21.3 Å². The normalized spacial score (nSPS) is 11.5. The van der Waals surface area contributed by atoms with Crippen molar-refractivity contribution in [1.29, 1.82) is 0 Å². The molecular weight excluding hydrogens is 621 g/mol. The molecule has 0 fully saturated rings. The molecule has 0 saturated heterocycles. The number of aromatic nitrogens is 1. The molecule has 0 unspecified atom stereocenters. The zero-order chi connectivity index (χ0) is 33.7. The van der Waals surface area contributed by atoms with Crippen LogP contribution in [0.1, 0.15) is 0 Å². The SMILES string of the molecule is c1ccc(-c2ccc(N(c3ccc(-c4ccc(-n5c6ccccc6c6ccccc65)cc4)cc3)c3ccc4c(c3)oc3ccccc34)cc2)cc1. The number of fused-ring (bicyclic) bond motifs is 6. The second kappa shape index (κ2) is 11.9. The quantitative estimate of drug-likeness (QED) is 0.178. The molecule has 8 aromatic carbocycles. The molecule has 10 rings (SSSR count). The third-order valence-corrected chi connectivity index (χ3v) is 10.0. The Morgan fingerprint density at radius 2 is 0.784 bits per heavy atom. The average Bonchev–Trinajstić information content (AvgIpc) is 3.74. The van der Waals surface area contributed by atoms with Crippen molar-refractivity contribution in [2.75, 3.05) is 4.90 Å². The van der Waals surface area contributed by atoms with Crippen LogP contribution in [0, 0.1) is 0 Å². The van der Waals surface area contributed by atoms with Crippen molar-refractivity contribution < 1.29 is 4.42 Å². The number of para-hydroxylation sites is 3. The Balaban J connectivity index is 1.02. The Kier molecular flexibility index (Phi) is 6.81. The van der Waals surface area contributed by atoms with Gasteiger partial charge >= 0.3 is 0 Å². The molecule has 0 aliphatic heterocycles. The van der Waals surface area contributed by atoms with Gasteiger partial charge in [-0.25, -0.2) is 0 Å². The number of anilines is 3.